The molecule has 0 unspecified atom stereocenters. The maximum atomic E-state index is 10.9. The number of nitrogens with one attached hydrogen (secondary N) is 2. The third-order valence-electron chi connectivity index (χ3n) is 1.97. The Kier molecular flexibility index (Phi) is 4.32. The van der Waals surface area contributed by atoms with E-state index < -0.39 is 5.97 Å². The van der Waals surface area contributed by atoms with Crippen LogP contribution >= 0.6 is 0 Å². The first kappa shape index (κ1) is 12.0. The van der Waals surface area contributed by atoms with Crippen molar-refractivity contribution in [1.82, 2.24) is 5.32 Å². The molecule has 1 rings (SSSR count). The summed E-state index contributed by atoms with van der Waals surface area (Å²) in [6.07, 6.45) is 0. The van der Waals surface area contributed by atoms with Gasteiger partial charge in [0.15, 0.2) is 0 Å². The van der Waals surface area contributed by atoms with Crippen LogP contribution in [0.15, 0.2) is 24.3 Å². The third-order valence-corrected chi connectivity index (χ3v) is 1.97. The Morgan fingerprint density at radius 1 is 1.25 bits per heavy atom. The van der Waals surface area contributed by atoms with Crippen LogP contribution < -0.4 is 10.6 Å². The van der Waals surface area contributed by atoms with Crippen molar-refractivity contribution >= 4 is 17.6 Å². The number of hydrogen-bond donors (Lipinski definition) is 3. The van der Waals surface area contributed by atoms with Gasteiger partial charge in [0.25, 0.3) is 0 Å². The van der Waals surface area contributed by atoms with Crippen molar-refractivity contribution in [3.05, 3.63) is 29.8 Å². The summed E-state index contributed by atoms with van der Waals surface area (Å²) in [6.45, 7) is 2.39. The molecule has 5 heteroatoms. The van der Waals surface area contributed by atoms with Gasteiger partial charge in [0.2, 0.25) is 5.91 Å². The highest BCUT2D eigenvalue weighted by Crippen LogP contribution is 2.13. The number of aromatic carboxylic acids is 1. The summed E-state index contributed by atoms with van der Waals surface area (Å²) in [5, 5.41) is 14.5. The number of hydrogen-bond acceptors (Lipinski definition) is 3. The summed E-state index contributed by atoms with van der Waals surface area (Å²) in [5.41, 5.74) is 0.783. The first-order chi connectivity index (χ1) is 7.61. The fourth-order valence-electron chi connectivity index (χ4n) is 1.26. The monoisotopic (exact) mass is 222 g/mol. The molecule has 16 heavy (non-hydrogen) atoms. The molecule has 86 valence electrons. The molecule has 0 fully saturated rings. The molecular formula is C11H14N2O3. The average Bonchev–Trinajstić information content (AvgIpc) is 2.24. The van der Waals surface area contributed by atoms with Crippen molar-refractivity contribution in [2.45, 2.75) is 6.92 Å². The fourth-order valence-corrected chi connectivity index (χ4v) is 1.26. The normalized spacial score (nSPS) is 9.56. The largest absolute Gasteiger partial charge is 0.478 e. The molecule has 3 N–H and O–H groups in total. The van der Waals surface area contributed by atoms with Crippen LogP contribution in [0.25, 0.3) is 0 Å². The molecule has 1 aromatic carbocycles. The molecule has 0 spiro atoms. The highest BCUT2D eigenvalue weighted by molar-refractivity contribution is 5.94. The van der Waals surface area contributed by atoms with Crippen molar-refractivity contribution < 1.29 is 14.7 Å². The van der Waals surface area contributed by atoms with E-state index in [1.54, 1.807) is 18.2 Å². The number of carbonyl (C=O) groups excluding carboxylic acids is 1. The van der Waals surface area contributed by atoms with Gasteiger partial charge in [-0.15, -0.1) is 0 Å². The second kappa shape index (κ2) is 5.75. The molecule has 0 saturated carbocycles. The maximum Gasteiger partial charge on any atom is 0.337 e. The summed E-state index contributed by atoms with van der Waals surface area (Å²) in [6, 6.07) is 6.65. The molecule has 0 saturated heterocycles. The average molecular weight is 222 g/mol. The van der Waals surface area contributed by atoms with Gasteiger partial charge in [-0.3, -0.25) is 4.79 Å². The Balaban J connectivity index is 2.53. The van der Waals surface area contributed by atoms with Crippen molar-refractivity contribution in [1.29, 1.82) is 0 Å². The minimum Gasteiger partial charge on any atom is -0.478 e. The van der Waals surface area contributed by atoms with E-state index in [0.717, 1.165) is 0 Å². The SMILES string of the molecule is CC(=O)NCCNc1ccccc1C(=O)O. The van der Waals surface area contributed by atoms with Gasteiger partial charge >= 0.3 is 5.97 Å². The number of anilines is 1. The lowest BCUT2D eigenvalue weighted by Crippen LogP contribution is -2.26. The maximum absolute atomic E-state index is 10.9. The smallest absolute Gasteiger partial charge is 0.337 e. The van der Waals surface area contributed by atoms with E-state index in [1.807, 2.05) is 0 Å². The number of benzene rings is 1. The number of carboxylic acids is 1. The van der Waals surface area contributed by atoms with Gasteiger partial charge in [-0.25, -0.2) is 4.79 Å². The second-order valence-electron chi connectivity index (χ2n) is 3.26. The number of amides is 1. The van der Waals surface area contributed by atoms with Gasteiger partial charge in [-0.05, 0) is 12.1 Å². The Morgan fingerprint density at radius 2 is 1.94 bits per heavy atom. The topological polar surface area (TPSA) is 78.4 Å². The van der Waals surface area contributed by atoms with Crippen LogP contribution in [0, 0.1) is 0 Å². The molecule has 0 radical (unpaired) electrons. The zero-order valence-electron chi connectivity index (χ0n) is 8.99. The van der Waals surface area contributed by atoms with Gasteiger partial charge in [0, 0.05) is 25.7 Å². The Bertz CT molecular complexity index is 391. The van der Waals surface area contributed by atoms with E-state index in [-0.39, 0.29) is 11.5 Å². The summed E-state index contributed by atoms with van der Waals surface area (Å²) in [7, 11) is 0. The summed E-state index contributed by atoms with van der Waals surface area (Å²) in [5.74, 6) is -1.07. The number of rotatable bonds is 5. The van der Waals surface area contributed by atoms with Crippen LogP contribution in [-0.4, -0.2) is 30.1 Å². The van der Waals surface area contributed by atoms with Crippen LogP contribution in [0.3, 0.4) is 0 Å². The molecule has 1 amide bonds. The van der Waals surface area contributed by atoms with E-state index in [1.165, 1.54) is 13.0 Å². The predicted molar refractivity (Wildman–Crippen MR) is 60.6 cm³/mol. The lowest BCUT2D eigenvalue weighted by Gasteiger charge is -2.09. The Morgan fingerprint density at radius 3 is 2.56 bits per heavy atom. The number of para-hydroxylation sites is 1. The van der Waals surface area contributed by atoms with Gasteiger partial charge in [0.05, 0.1) is 5.56 Å². The molecule has 0 atom stereocenters. The van der Waals surface area contributed by atoms with Crippen molar-refractivity contribution in [2.24, 2.45) is 0 Å². The van der Waals surface area contributed by atoms with Crippen molar-refractivity contribution in [3.63, 3.8) is 0 Å². The lowest BCUT2D eigenvalue weighted by atomic mass is 10.2. The second-order valence-corrected chi connectivity index (χ2v) is 3.26. The third kappa shape index (κ3) is 3.61. The molecule has 1 aromatic rings. The quantitative estimate of drug-likeness (QED) is 0.648. The highest BCUT2D eigenvalue weighted by atomic mass is 16.4. The summed E-state index contributed by atoms with van der Waals surface area (Å²) < 4.78 is 0. The van der Waals surface area contributed by atoms with Gasteiger partial charge in [-0.2, -0.15) is 0 Å². The molecule has 0 aliphatic rings. The minimum atomic E-state index is -0.970. The molecule has 0 aliphatic carbocycles. The van der Waals surface area contributed by atoms with Gasteiger partial charge < -0.3 is 15.7 Å². The van der Waals surface area contributed by atoms with Crippen LogP contribution in [0.1, 0.15) is 17.3 Å². The molecule has 0 aliphatic heterocycles. The summed E-state index contributed by atoms with van der Waals surface area (Å²) in [4.78, 5) is 21.5. The Hall–Kier alpha value is -2.04. The number of carbonyl (C=O) groups is 2. The molecule has 0 aromatic heterocycles. The van der Waals surface area contributed by atoms with Gasteiger partial charge in [-0.1, -0.05) is 12.1 Å². The van der Waals surface area contributed by atoms with Gasteiger partial charge in [0.1, 0.15) is 0 Å². The van der Waals surface area contributed by atoms with Crippen LogP contribution in [0.4, 0.5) is 5.69 Å². The van der Waals surface area contributed by atoms with Crippen LogP contribution in [-0.2, 0) is 4.79 Å². The lowest BCUT2D eigenvalue weighted by molar-refractivity contribution is -0.118. The van der Waals surface area contributed by atoms with Crippen LogP contribution in [0.2, 0.25) is 0 Å². The van der Waals surface area contributed by atoms with E-state index in [0.29, 0.717) is 18.8 Å². The first-order valence-electron chi connectivity index (χ1n) is 4.92. The zero-order chi connectivity index (χ0) is 12.0. The van der Waals surface area contributed by atoms with Crippen LogP contribution in [0.5, 0.6) is 0 Å². The first-order valence-corrected chi connectivity index (χ1v) is 4.92. The van der Waals surface area contributed by atoms with Crippen molar-refractivity contribution in [3.8, 4) is 0 Å². The zero-order valence-corrected chi connectivity index (χ0v) is 8.99. The van der Waals surface area contributed by atoms with E-state index in [2.05, 4.69) is 10.6 Å². The summed E-state index contributed by atoms with van der Waals surface area (Å²) >= 11 is 0. The standard InChI is InChI=1S/C11H14N2O3/c1-8(14)12-6-7-13-10-5-3-2-4-9(10)11(15)16/h2-5,13H,6-7H2,1H3,(H,12,14)(H,15,16). The highest BCUT2D eigenvalue weighted by Gasteiger charge is 2.07. The molecule has 0 heterocycles. The predicted octanol–water partition coefficient (Wildman–Crippen LogP) is 0.933. The van der Waals surface area contributed by atoms with E-state index >= 15 is 0 Å². The molecular weight excluding hydrogens is 208 g/mol. The van der Waals surface area contributed by atoms with Crippen molar-refractivity contribution in [2.75, 3.05) is 18.4 Å². The molecule has 0 bridgehead atoms. The van der Waals surface area contributed by atoms with E-state index in [4.69, 9.17) is 5.11 Å². The fraction of sp³-hybridized carbons (Fsp3) is 0.273. The molecule has 5 nitrogen and oxygen atoms in total. The number of carboxylic acid groups (broad SMARTS) is 1. The van der Waals surface area contributed by atoms with E-state index in [9.17, 15) is 9.59 Å². The minimum absolute atomic E-state index is 0.103. The Labute approximate surface area is 93.5 Å².